The molecule has 1 aliphatic rings. The normalized spacial score (nSPS) is 13.3. The van der Waals surface area contributed by atoms with Gasteiger partial charge in [-0.25, -0.2) is 8.42 Å². The molecule has 1 atom stereocenters. The minimum absolute atomic E-state index is 0.00215. The topological polar surface area (TPSA) is 105 Å². The number of ether oxygens (including phenoxy) is 2. The van der Waals surface area contributed by atoms with E-state index in [0.29, 0.717) is 35.3 Å². The fourth-order valence-electron chi connectivity index (χ4n) is 4.33. The second-order valence-electron chi connectivity index (χ2n) is 9.03. The summed E-state index contributed by atoms with van der Waals surface area (Å²) in [6.45, 7) is 0.181. The summed E-state index contributed by atoms with van der Waals surface area (Å²) < 4.78 is 38.0. The van der Waals surface area contributed by atoms with E-state index >= 15 is 0 Å². The number of hydrogen-bond acceptors (Lipinski definition) is 6. The Morgan fingerprint density at radius 3 is 2.31 bits per heavy atom. The highest BCUT2D eigenvalue weighted by atomic mass is 35.5. The van der Waals surface area contributed by atoms with Crippen LogP contribution in [0, 0.1) is 0 Å². The summed E-state index contributed by atoms with van der Waals surface area (Å²) >= 11 is 6.42. The molecule has 11 heteroatoms. The van der Waals surface area contributed by atoms with Crippen molar-refractivity contribution < 1.29 is 27.5 Å². The first kappa shape index (κ1) is 28.3. The summed E-state index contributed by atoms with van der Waals surface area (Å²) in [7, 11) is -2.41. The van der Waals surface area contributed by atoms with Crippen molar-refractivity contribution in [3.63, 3.8) is 0 Å². The van der Waals surface area contributed by atoms with Crippen LogP contribution < -0.4 is 19.1 Å². The van der Waals surface area contributed by atoms with E-state index in [0.717, 1.165) is 16.1 Å². The van der Waals surface area contributed by atoms with Gasteiger partial charge in [0, 0.05) is 31.1 Å². The molecule has 3 aromatic carbocycles. The van der Waals surface area contributed by atoms with Crippen molar-refractivity contribution in [2.45, 2.75) is 19.0 Å². The second-order valence-corrected chi connectivity index (χ2v) is 11.3. The standard InChI is InChI=1S/C28H30ClN3O6S/c1-30-28(34)24(16-20-8-4-3-5-9-20)31(18-21-10-6-7-11-23(21)29)27(33)19-32(39(2,35)36)22-12-13-25-26(17-22)38-15-14-37-25/h3-13,17,24H,14-16,18-19H2,1-2H3,(H,30,34). The molecule has 1 unspecified atom stereocenters. The Hall–Kier alpha value is -3.76. The van der Waals surface area contributed by atoms with Gasteiger partial charge < -0.3 is 19.7 Å². The maximum Gasteiger partial charge on any atom is 0.244 e. The number of carbonyl (C=O) groups is 2. The molecule has 39 heavy (non-hydrogen) atoms. The van der Waals surface area contributed by atoms with Gasteiger partial charge in [-0.1, -0.05) is 60.1 Å². The first-order valence-electron chi connectivity index (χ1n) is 12.3. The van der Waals surface area contributed by atoms with Gasteiger partial charge >= 0.3 is 0 Å². The summed E-state index contributed by atoms with van der Waals surface area (Å²) in [5.41, 5.74) is 1.71. The smallest absolute Gasteiger partial charge is 0.244 e. The van der Waals surface area contributed by atoms with Gasteiger partial charge in [-0.2, -0.15) is 0 Å². The number of sulfonamides is 1. The number of benzene rings is 3. The molecule has 3 aromatic rings. The Balaban J connectivity index is 1.72. The average molecular weight is 572 g/mol. The van der Waals surface area contributed by atoms with Gasteiger partial charge in [0.1, 0.15) is 25.8 Å². The van der Waals surface area contributed by atoms with Crippen molar-refractivity contribution in [3.8, 4) is 11.5 Å². The number of nitrogens with zero attached hydrogens (tertiary/aromatic N) is 2. The molecule has 0 spiro atoms. The van der Waals surface area contributed by atoms with Crippen LogP contribution in [0.3, 0.4) is 0 Å². The van der Waals surface area contributed by atoms with Crippen LogP contribution in [0.1, 0.15) is 11.1 Å². The second kappa shape index (κ2) is 12.4. The van der Waals surface area contributed by atoms with Gasteiger partial charge in [0.2, 0.25) is 21.8 Å². The van der Waals surface area contributed by atoms with Crippen LogP contribution in [0.4, 0.5) is 5.69 Å². The van der Waals surface area contributed by atoms with E-state index in [4.69, 9.17) is 21.1 Å². The van der Waals surface area contributed by atoms with Gasteiger partial charge in [-0.3, -0.25) is 13.9 Å². The number of halogens is 1. The van der Waals surface area contributed by atoms with Crippen LogP contribution in [0.15, 0.2) is 72.8 Å². The molecule has 206 valence electrons. The predicted octanol–water partition coefficient (Wildman–Crippen LogP) is 3.26. The van der Waals surface area contributed by atoms with Crippen LogP contribution in [0.2, 0.25) is 5.02 Å². The van der Waals surface area contributed by atoms with E-state index in [1.54, 1.807) is 36.4 Å². The predicted molar refractivity (Wildman–Crippen MR) is 150 cm³/mol. The Labute approximate surface area is 233 Å². The van der Waals surface area contributed by atoms with Gasteiger partial charge in [-0.15, -0.1) is 0 Å². The molecule has 0 bridgehead atoms. The molecule has 9 nitrogen and oxygen atoms in total. The van der Waals surface area contributed by atoms with E-state index in [9.17, 15) is 18.0 Å². The minimum Gasteiger partial charge on any atom is -0.486 e. The van der Waals surface area contributed by atoms with E-state index < -0.39 is 28.5 Å². The van der Waals surface area contributed by atoms with E-state index in [1.807, 2.05) is 30.3 Å². The third-order valence-electron chi connectivity index (χ3n) is 6.31. The molecular weight excluding hydrogens is 542 g/mol. The minimum atomic E-state index is -3.90. The average Bonchev–Trinajstić information content (AvgIpc) is 2.93. The van der Waals surface area contributed by atoms with E-state index in [-0.39, 0.29) is 24.6 Å². The van der Waals surface area contributed by atoms with Gasteiger partial charge in [0.25, 0.3) is 0 Å². The molecule has 0 aliphatic carbocycles. The number of anilines is 1. The van der Waals surface area contributed by atoms with Crippen molar-refractivity contribution in [2.75, 3.05) is 37.4 Å². The molecule has 0 radical (unpaired) electrons. The summed E-state index contributed by atoms with van der Waals surface area (Å²) in [5, 5.41) is 3.07. The number of hydrogen-bond donors (Lipinski definition) is 1. The SMILES string of the molecule is CNC(=O)C(Cc1ccccc1)N(Cc1ccccc1Cl)C(=O)CN(c1ccc2c(c1)OCCO2)S(C)(=O)=O. The third-order valence-corrected chi connectivity index (χ3v) is 7.82. The van der Waals surface area contributed by atoms with Crippen LogP contribution in [0.25, 0.3) is 0 Å². The zero-order valence-electron chi connectivity index (χ0n) is 21.7. The van der Waals surface area contributed by atoms with Gasteiger partial charge in [0.05, 0.1) is 11.9 Å². The lowest BCUT2D eigenvalue weighted by molar-refractivity contribution is -0.139. The van der Waals surface area contributed by atoms with Gasteiger partial charge in [-0.05, 0) is 29.3 Å². The first-order valence-corrected chi connectivity index (χ1v) is 14.6. The van der Waals surface area contributed by atoms with Gasteiger partial charge in [0.15, 0.2) is 11.5 Å². The summed E-state index contributed by atoms with van der Waals surface area (Å²) in [4.78, 5) is 28.5. The fourth-order valence-corrected chi connectivity index (χ4v) is 5.37. The highest BCUT2D eigenvalue weighted by molar-refractivity contribution is 7.92. The summed E-state index contributed by atoms with van der Waals surface area (Å²) in [6.07, 6.45) is 1.25. The highest BCUT2D eigenvalue weighted by Crippen LogP contribution is 2.35. The maximum absolute atomic E-state index is 14.0. The van der Waals surface area contributed by atoms with Crippen molar-refractivity contribution in [3.05, 3.63) is 88.9 Å². The molecule has 1 N–H and O–H groups in total. The molecule has 0 aromatic heterocycles. The highest BCUT2D eigenvalue weighted by Gasteiger charge is 2.33. The number of likely N-dealkylation sites (N-methyl/N-ethyl adjacent to an activating group) is 1. The van der Waals surface area contributed by atoms with Crippen molar-refractivity contribution in [2.24, 2.45) is 0 Å². The van der Waals surface area contributed by atoms with E-state index in [1.165, 1.54) is 18.0 Å². The molecule has 1 aliphatic heterocycles. The molecular formula is C28H30ClN3O6S. The van der Waals surface area contributed by atoms with Crippen molar-refractivity contribution in [1.29, 1.82) is 0 Å². The molecule has 4 rings (SSSR count). The number of amides is 2. The van der Waals surface area contributed by atoms with E-state index in [2.05, 4.69) is 5.32 Å². The number of fused-ring (bicyclic) bond motifs is 1. The van der Waals surface area contributed by atoms with Crippen molar-refractivity contribution in [1.82, 2.24) is 10.2 Å². The third kappa shape index (κ3) is 7.01. The number of nitrogens with one attached hydrogen (secondary N) is 1. The maximum atomic E-state index is 14.0. The van der Waals surface area contributed by atoms with Crippen LogP contribution >= 0.6 is 11.6 Å². The van der Waals surface area contributed by atoms with Crippen LogP contribution in [-0.4, -0.2) is 64.2 Å². The quantitative estimate of drug-likeness (QED) is 0.400. The molecule has 2 amide bonds. The molecule has 0 fully saturated rings. The Morgan fingerprint density at radius 2 is 1.64 bits per heavy atom. The Bertz CT molecular complexity index is 1430. The monoisotopic (exact) mass is 571 g/mol. The molecule has 0 saturated heterocycles. The molecule has 1 heterocycles. The Morgan fingerprint density at radius 1 is 0.974 bits per heavy atom. The zero-order chi connectivity index (χ0) is 28.0. The Kier molecular flexibility index (Phi) is 8.98. The summed E-state index contributed by atoms with van der Waals surface area (Å²) in [5.74, 6) is -0.0722. The number of carbonyl (C=O) groups excluding carboxylic acids is 2. The first-order chi connectivity index (χ1) is 18.7. The fraction of sp³-hybridized carbons (Fsp3) is 0.286. The lowest BCUT2D eigenvalue weighted by Gasteiger charge is -2.33. The lowest BCUT2D eigenvalue weighted by atomic mass is 10.0. The number of rotatable bonds is 10. The lowest BCUT2D eigenvalue weighted by Crippen LogP contribution is -2.52. The largest absolute Gasteiger partial charge is 0.486 e. The zero-order valence-corrected chi connectivity index (χ0v) is 23.2. The summed E-state index contributed by atoms with van der Waals surface area (Å²) in [6, 6.07) is 20.1. The molecule has 0 saturated carbocycles. The van der Waals surface area contributed by atoms with Crippen molar-refractivity contribution >= 4 is 39.1 Å². The van der Waals surface area contributed by atoms with Crippen LogP contribution in [0.5, 0.6) is 11.5 Å². The van der Waals surface area contributed by atoms with Crippen LogP contribution in [-0.2, 0) is 32.6 Å².